The van der Waals surface area contributed by atoms with Gasteiger partial charge in [0.1, 0.15) is 9.88 Å². The third kappa shape index (κ3) is 2.83. The Bertz CT molecular complexity index is 897. The van der Waals surface area contributed by atoms with Gasteiger partial charge in [-0.25, -0.2) is 9.78 Å². The molecule has 118 valence electrons. The molecule has 0 saturated heterocycles. The first-order chi connectivity index (χ1) is 11.0. The van der Waals surface area contributed by atoms with Gasteiger partial charge in [0.25, 0.3) is 5.91 Å². The van der Waals surface area contributed by atoms with Gasteiger partial charge in [-0.3, -0.25) is 4.79 Å². The summed E-state index contributed by atoms with van der Waals surface area (Å²) in [7, 11) is 0. The van der Waals surface area contributed by atoms with E-state index in [0.29, 0.717) is 16.3 Å². The van der Waals surface area contributed by atoms with E-state index in [1.807, 2.05) is 18.2 Å². The quantitative estimate of drug-likeness (QED) is 0.685. The summed E-state index contributed by atoms with van der Waals surface area (Å²) < 4.78 is 0. The molecule has 0 aliphatic heterocycles. The van der Waals surface area contributed by atoms with E-state index in [1.54, 1.807) is 26.1 Å². The molecule has 6 nitrogen and oxygen atoms in total. The normalized spacial score (nSPS) is 12.3. The molecule has 3 rings (SSSR count). The Morgan fingerprint density at radius 2 is 2.13 bits per heavy atom. The van der Waals surface area contributed by atoms with Crippen LogP contribution in [-0.4, -0.2) is 27.0 Å². The van der Waals surface area contributed by atoms with E-state index < -0.39 is 5.97 Å². The molecule has 1 aromatic carbocycles. The molecule has 0 radical (unpaired) electrons. The van der Waals surface area contributed by atoms with Crippen molar-refractivity contribution >= 4 is 34.1 Å². The number of amides is 1. The highest BCUT2D eigenvalue weighted by atomic mass is 32.1. The summed E-state index contributed by atoms with van der Waals surface area (Å²) >= 11 is 1.09. The molecule has 2 heterocycles. The van der Waals surface area contributed by atoms with Crippen molar-refractivity contribution in [3.05, 3.63) is 51.6 Å². The van der Waals surface area contributed by atoms with Crippen LogP contribution in [0.5, 0.6) is 0 Å². The van der Waals surface area contributed by atoms with E-state index >= 15 is 0 Å². The van der Waals surface area contributed by atoms with Gasteiger partial charge in [-0.1, -0.05) is 6.07 Å². The highest BCUT2D eigenvalue weighted by Gasteiger charge is 2.20. The molecule has 7 heteroatoms. The number of H-pyrrole nitrogens is 1. The first-order valence-electron chi connectivity index (χ1n) is 7.05. The molecule has 3 N–H and O–H groups in total. The third-order valence-corrected chi connectivity index (χ3v) is 4.89. The van der Waals surface area contributed by atoms with Gasteiger partial charge in [0.15, 0.2) is 0 Å². The molecule has 0 bridgehead atoms. The van der Waals surface area contributed by atoms with Gasteiger partial charge >= 0.3 is 5.97 Å². The van der Waals surface area contributed by atoms with E-state index in [1.165, 1.54) is 0 Å². The van der Waals surface area contributed by atoms with Crippen LogP contribution < -0.4 is 5.32 Å². The van der Waals surface area contributed by atoms with E-state index in [-0.39, 0.29) is 16.8 Å². The van der Waals surface area contributed by atoms with Crippen molar-refractivity contribution in [2.24, 2.45) is 0 Å². The second kappa shape index (κ2) is 5.85. The molecule has 3 aromatic rings. The predicted octanol–water partition coefficient (Wildman–Crippen LogP) is 3.12. The van der Waals surface area contributed by atoms with Crippen molar-refractivity contribution in [2.45, 2.75) is 19.9 Å². The van der Waals surface area contributed by atoms with E-state index in [4.69, 9.17) is 5.11 Å². The first kappa shape index (κ1) is 15.2. The Balaban J connectivity index is 1.84. The zero-order chi connectivity index (χ0) is 16.6. The fraction of sp³-hybridized carbons (Fsp3) is 0.188. The summed E-state index contributed by atoms with van der Waals surface area (Å²) in [4.78, 5) is 31.1. The van der Waals surface area contributed by atoms with E-state index in [0.717, 1.165) is 22.2 Å². The molecule has 1 amide bonds. The zero-order valence-electron chi connectivity index (χ0n) is 12.6. The summed E-state index contributed by atoms with van der Waals surface area (Å²) in [5.74, 6) is -1.21. The van der Waals surface area contributed by atoms with Gasteiger partial charge < -0.3 is 15.4 Å². The topological polar surface area (TPSA) is 95.1 Å². The molecule has 0 aliphatic carbocycles. The Kier molecular flexibility index (Phi) is 3.87. The van der Waals surface area contributed by atoms with Crippen LogP contribution in [-0.2, 0) is 0 Å². The molecule has 23 heavy (non-hydrogen) atoms. The first-order valence-corrected chi connectivity index (χ1v) is 7.86. The number of nitrogens with zero attached hydrogens (tertiary/aromatic N) is 1. The highest BCUT2D eigenvalue weighted by Crippen LogP contribution is 2.24. The number of aromatic nitrogens is 2. The molecular weight excluding hydrogens is 314 g/mol. The number of fused-ring (bicyclic) bond motifs is 1. The summed E-state index contributed by atoms with van der Waals surface area (Å²) in [6, 6.07) is 6.96. The number of hydrogen-bond donors (Lipinski definition) is 3. The Morgan fingerprint density at radius 3 is 2.83 bits per heavy atom. The molecule has 0 spiro atoms. The number of carbonyl (C=O) groups excluding carboxylic acids is 1. The van der Waals surface area contributed by atoms with Crippen molar-refractivity contribution < 1.29 is 14.7 Å². The summed E-state index contributed by atoms with van der Waals surface area (Å²) in [6.07, 6.45) is 1.79. The van der Waals surface area contributed by atoms with Crippen LogP contribution in [0.15, 0.2) is 30.5 Å². The number of carboxylic acids is 1. The van der Waals surface area contributed by atoms with Crippen molar-refractivity contribution in [1.29, 1.82) is 0 Å². The number of aryl methyl sites for hydroxylation is 1. The van der Waals surface area contributed by atoms with Crippen molar-refractivity contribution in [2.75, 3.05) is 0 Å². The third-order valence-electron chi connectivity index (χ3n) is 3.56. The monoisotopic (exact) mass is 329 g/mol. The molecule has 0 fully saturated rings. The van der Waals surface area contributed by atoms with Crippen LogP contribution >= 0.6 is 11.3 Å². The fourth-order valence-corrected chi connectivity index (χ4v) is 3.33. The number of aromatic carboxylic acids is 1. The largest absolute Gasteiger partial charge is 0.477 e. The number of hydrogen-bond acceptors (Lipinski definition) is 4. The maximum atomic E-state index is 12.5. The van der Waals surface area contributed by atoms with Gasteiger partial charge in [-0.15, -0.1) is 11.3 Å². The molecule has 0 saturated carbocycles. The Hall–Kier alpha value is -2.67. The lowest BCUT2D eigenvalue weighted by molar-refractivity contribution is 0.0701. The highest BCUT2D eigenvalue weighted by molar-refractivity contribution is 7.13. The Labute approximate surface area is 136 Å². The number of thiazole rings is 1. The number of aromatic amines is 1. The molecule has 0 unspecified atom stereocenters. The second-order valence-electron chi connectivity index (χ2n) is 5.21. The lowest BCUT2D eigenvalue weighted by Gasteiger charge is -2.11. The van der Waals surface area contributed by atoms with Crippen LogP contribution in [0.2, 0.25) is 0 Å². The van der Waals surface area contributed by atoms with Crippen molar-refractivity contribution in [1.82, 2.24) is 15.3 Å². The average Bonchev–Trinajstić information content (AvgIpc) is 3.12. The zero-order valence-corrected chi connectivity index (χ0v) is 13.4. The summed E-state index contributed by atoms with van der Waals surface area (Å²) in [5.41, 5.74) is 1.93. The minimum Gasteiger partial charge on any atom is -0.477 e. The van der Waals surface area contributed by atoms with Gasteiger partial charge in [-0.2, -0.15) is 0 Å². The van der Waals surface area contributed by atoms with Crippen molar-refractivity contribution in [3.63, 3.8) is 0 Å². The molecule has 1 atom stereocenters. The number of benzene rings is 1. The number of nitrogens with one attached hydrogen (secondary N) is 2. The standard InChI is InChI=1S/C16H15N3O3S/c1-8-13(16(21)22)23-15(19-8)9(2)18-14(20)11-4-3-5-12-10(11)6-7-17-12/h3-7,9,17H,1-2H3,(H,18,20)(H,21,22)/t9-/m0/s1. The SMILES string of the molecule is Cc1nc([C@H](C)NC(=O)c2cccc3[nH]ccc23)sc1C(=O)O. The molecular formula is C16H15N3O3S. The van der Waals surface area contributed by atoms with Gasteiger partial charge in [0.05, 0.1) is 11.7 Å². The van der Waals surface area contributed by atoms with Gasteiger partial charge in [0, 0.05) is 22.7 Å². The smallest absolute Gasteiger partial charge is 0.347 e. The lowest BCUT2D eigenvalue weighted by atomic mass is 10.1. The van der Waals surface area contributed by atoms with Crippen LogP contribution in [0, 0.1) is 6.92 Å². The van der Waals surface area contributed by atoms with Crippen molar-refractivity contribution in [3.8, 4) is 0 Å². The average molecular weight is 329 g/mol. The predicted molar refractivity (Wildman–Crippen MR) is 88.0 cm³/mol. The number of carbonyl (C=O) groups is 2. The Morgan fingerprint density at radius 1 is 1.35 bits per heavy atom. The minimum atomic E-state index is -0.998. The van der Waals surface area contributed by atoms with Crippen LogP contribution in [0.4, 0.5) is 0 Å². The van der Waals surface area contributed by atoms with Crippen LogP contribution in [0.1, 0.15) is 43.7 Å². The summed E-state index contributed by atoms with van der Waals surface area (Å²) in [5, 5.41) is 13.4. The molecule has 2 aromatic heterocycles. The number of rotatable bonds is 4. The fourth-order valence-electron chi connectivity index (χ4n) is 2.42. The van der Waals surface area contributed by atoms with E-state index in [9.17, 15) is 9.59 Å². The maximum absolute atomic E-state index is 12.5. The second-order valence-corrected chi connectivity index (χ2v) is 6.24. The van der Waals surface area contributed by atoms with Crippen LogP contribution in [0.25, 0.3) is 10.9 Å². The van der Waals surface area contributed by atoms with Crippen LogP contribution in [0.3, 0.4) is 0 Å². The maximum Gasteiger partial charge on any atom is 0.347 e. The molecule has 0 aliphatic rings. The minimum absolute atomic E-state index is 0.203. The summed E-state index contributed by atoms with van der Waals surface area (Å²) in [6.45, 7) is 3.44. The van der Waals surface area contributed by atoms with E-state index in [2.05, 4.69) is 15.3 Å². The number of carboxylic acid groups (broad SMARTS) is 1. The van der Waals surface area contributed by atoms with Gasteiger partial charge in [-0.05, 0) is 32.0 Å². The lowest BCUT2D eigenvalue weighted by Crippen LogP contribution is -2.26. The van der Waals surface area contributed by atoms with Gasteiger partial charge in [0.2, 0.25) is 0 Å².